The quantitative estimate of drug-likeness (QED) is 0.562. The Bertz CT molecular complexity index is 561. The van der Waals surface area contributed by atoms with Gasteiger partial charge in [-0.2, -0.15) is 10.1 Å². The molecule has 0 spiro atoms. The monoisotopic (exact) mass is 386 g/mol. The van der Waals surface area contributed by atoms with Gasteiger partial charge in [0.1, 0.15) is 18.6 Å². The molecule has 0 bridgehead atoms. The van der Waals surface area contributed by atoms with Crippen LogP contribution in [-0.4, -0.2) is 66.8 Å². The van der Waals surface area contributed by atoms with Crippen LogP contribution in [0.4, 0.5) is 0 Å². The van der Waals surface area contributed by atoms with E-state index >= 15 is 0 Å². The minimum atomic E-state index is -0.752. The third-order valence-corrected chi connectivity index (χ3v) is 6.02. The fourth-order valence-electron chi connectivity index (χ4n) is 4.30. The molecule has 0 radical (unpaired) electrons. The van der Waals surface area contributed by atoms with Gasteiger partial charge in [0.05, 0.1) is 11.1 Å². The zero-order valence-electron chi connectivity index (χ0n) is 17.7. The second kappa shape index (κ2) is 6.69. The molecule has 2 rings (SSSR count). The normalized spacial score (nSPS) is 31.6. The highest BCUT2D eigenvalue weighted by Crippen LogP contribution is 2.42. The average molecular weight is 386 g/mol. The minimum absolute atomic E-state index is 0.459. The number of esters is 2. The Labute approximate surface area is 161 Å². The van der Waals surface area contributed by atoms with Gasteiger partial charge in [0.15, 0.2) is 0 Å². The molecule has 2 atom stereocenters. The molecule has 2 aliphatic heterocycles. The Morgan fingerprint density at radius 2 is 1.07 bits per heavy atom. The molecule has 156 valence electrons. The van der Waals surface area contributed by atoms with E-state index in [9.17, 15) is 20.0 Å². The standard InChI is InChI=1S/C19H34N2O6/c1-16(2)10-12(18(5,6)20(16)24)26-14(22)9-15(23)27-13-11-17(3,4)21(25)19(13,7)8/h12-13,24-25H,9-11H2,1-8H3. The predicted octanol–water partition coefficient (Wildman–Crippen LogP) is 2.50. The molecule has 0 aliphatic carbocycles. The van der Waals surface area contributed by atoms with Gasteiger partial charge in [-0.1, -0.05) is 0 Å². The smallest absolute Gasteiger partial charge is 0.317 e. The third kappa shape index (κ3) is 3.99. The summed E-state index contributed by atoms with van der Waals surface area (Å²) >= 11 is 0. The van der Waals surface area contributed by atoms with Gasteiger partial charge in [-0.05, 0) is 55.4 Å². The summed E-state index contributed by atoms with van der Waals surface area (Å²) in [6, 6.07) is 0. The van der Waals surface area contributed by atoms with Crippen molar-refractivity contribution in [1.82, 2.24) is 10.1 Å². The molecule has 2 heterocycles. The summed E-state index contributed by atoms with van der Waals surface area (Å²) in [7, 11) is 0. The van der Waals surface area contributed by atoms with Gasteiger partial charge in [-0.25, -0.2) is 0 Å². The highest BCUT2D eigenvalue weighted by atomic mass is 16.6. The van der Waals surface area contributed by atoms with Crippen LogP contribution in [0.25, 0.3) is 0 Å². The van der Waals surface area contributed by atoms with Crippen LogP contribution in [-0.2, 0) is 19.1 Å². The molecule has 0 aromatic carbocycles. The van der Waals surface area contributed by atoms with Gasteiger partial charge in [0.2, 0.25) is 0 Å². The summed E-state index contributed by atoms with van der Waals surface area (Å²) in [5, 5.41) is 23.0. The highest BCUT2D eigenvalue weighted by molar-refractivity contribution is 5.91. The van der Waals surface area contributed by atoms with Crippen LogP contribution in [0.15, 0.2) is 0 Å². The maximum atomic E-state index is 12.3. The maximum absolute atomic E-state index is 12.3. The zero-order chi connectivity index (χ0) is 21.0. The zero-order valence-corrected chi connectivity index (χ0v) is 17.7. The van der Waals surface area contributed by atoms with E-state index in [2.05, 4.69) is 0 Å². The van der Waals surface area contributed by atoms with Crippen LogP contribution in [0.3, 0.4) is 0 Å². The van der Waals surface area contributed by atoms with Gasteiger partial charge in [-0.15, -0.1) is 0 Å². The summed E-state index contributed by atoms with van der Waals surface area (Å²) in [5.41, 5.74) is -2.56. The SMILES string of the molecule is CC1(C)CC(OC(=O)CC(=O)OC2CC(C)(C)N(O)C2(C)C)C(C)(C)N1O. The third-order valence-electron chi connectivity index (χ3n) is 6.02. The van der Waals surface area contributed by atoms with E-state index in [1.165, 1.54) is 10.1 Å². The summed E-state index contributed by atoms with van der Waals surface area (Å²) in [6.45, 7) is 14.6. The fourth-order valence-corrected chi connectivity index (χ4v) is 4.30. The molecule has 2 saturated heterocycles. The van der Waals surface area contributed by atoms with Crippen molar-refractivity contribution in [3.63, 3.8) is 0 Å². The Morgan fingerprint density at radius 3 is 1.30 bits per heavy atom. The molecule has 2 aliphatic rings. The number of hydroxylamine groups is 4. The summed E-state index contributed by atoms with van der Waals surface area (Å²) in [5.74, 6) is -1.36. The Morgan fingerprint density at radius 1 is 0.778 bits per heavy atom. The molecule has 0 aromatic rings. The molecule has 2 unspecified atom stereocenters. The lowest BCUT2D eigenvalue weighted by molar-refractivity contribution is -0.207. The van der Waals surface area contributed by atoms with Crippen LogP contribution in [0.2, 0.25) is 0 Å². The van der Waals surface area contributed by atoms with Crippen molar-refractivity contribution in [3.8, 4) is 0 Å². The van der Waals surface area contributed by atoms with Crippen LogP contribution in [0.5, 0.6) is 0 Å². The first-order valence-corrected chi connectivity index (χ1v) is 9.39. The molecule has 8 heteroatoms. The van der Waals surface area contributed by atoms with Crippen molar-refractivity contribution in [1.29, 1.82) is 0 Å². The molecule has 0 aromatic heterocycles. The van der Waals surface area contributed by atoms with Crippen molar-refractivity contribution in [2.75, 3.05) is 0 Å². The Kier molecular flexibility index (Phi) is 5.47. The lowest BCUT2D eigenvalue weighted by Gasteiger charge is -2.35. The average Bonchev–Trinajstić information content (AvgIpc) is 2.74. The van der Waals surface area contributed by atoms with Gasteiger partial charge in [-0.3, -0.25) is 9.59 Å². The lowest BCUT2D eigenvalue weighted by Crippen LogP contribution is -2.49. The molecule has 2 N–H and O–H groups in total. The number of carbonyl (C=O) groups excluding carboxylic acids is 2. The largest absolute Gasteiger partial charge is 0.460 e. The van der Waals surface area contributed by atoms with Crippen molar-refractivity contribution in [2.45, 2.75) is 109 Å². The van der Waals surface area contributed by atoms with Crippen molar-refractivity contribution in [3.05, 3.63) is 0 Å². The van der Waals surface area contributed by atoms with E-state index in [1.54, 1.807) is 27.7 Å². The number of carbonyl (C=O) groups is 2. The molecule has 27 heavy (non-hydrogen) atoms. The summed E-state index contributed by atoms with van der Waals surface area (Å²) in [4.78, 5) is 24.5. The number of hydrogen-bond donors (Lipinski definition) is 2. The molecular formula is C19H34N2O6. The van der Waals surface area contributed by atoms with E-state index < -0.39 is 52.7 Å². The summed E-state index contributed by atoms with van der Waals surface area (Å²) < 4.78 is 11.0. The first kappa shape index (κ1) is 22.1. The predicted molar refractivity (Wildman–Crippen MR) is 97.2 cm³/mol. The number of nitrogens with zero attached hydrogens (tertiary/aromatic N) is 2. The number of ether oxygens (including phenoxy) is 2. The summed E-state index contributed by atoms with van der Waals surface area (Å²) in [6.07, 6.45) is -0.655. The van der Waals surface area contributed by atoms with Gasteiger partial charge < -0.3 is 19.9 Å². The van der Waals surface area contributed by atoms with E-state index in [4.69, 9.17) is 9.47 Å². The van der Waals surface area contributed by atoms with Gasteiger partial charge >= 0.3 is 11.9 Å². The van der Waals surface area contributed by atoms with Gasteiger partial charge in [0, 0.05) is 23.9 Å². The van der Waals surface area contributed by atoms with E-state index in [0.29, 0.717) is 12.8 Å². The Hall–Kier alpha value is -1.22. The van der Waals surface area contributed by atoms with Crippen molar-refractivity contribution < 1.29 is 29.5 Å². The first-order chi connectivity index (χ1) is 12.0. The van der Waals surface area contributed by atoms with Gasteiger partial charge in [0.25, 0.3) is 0 Å². The topological polar surface area (TPSA) is 99.5 Å². The second-order valence-electron chi connectivity index (χ2n) is 10.1. The minimum Gasteiger partial charge on any atom is -0.460 e. The molecule has 2 fully saturated rings. The van der Waals surface area contributed by atoms with Crippen LogP contribution < -0.4 is 0 Å². The fraction of sp³-hybridized carbons (Fsp3) is 0.895. The van der Waals surface area contributed by atoms with E-state index in [0.717, 1.165) is 0 Å². The van der Waals surface area contributed by atoms with Crippen LogP contribution >= 0.6 is 0 Å². The number of hydrogen-bond acceptors (Lipinski definition) is 8. The highest BCUT2D eigenvalue weighted by Gasteiger charge is 2.54. The maximum Gasteiger partial charge on any atom is 0.317 e. The Balaban J connectivity index is 1.94. The van der Waals surface area contributed by atoms with Crippen molar-refractivity contribution >= 4 is 11.9 Å². The van der Waals surface area contributed by atoms with E-state index in [1.807, 2.05) is 27.7 Å². The molecule has 0 amide bonds. The molecular weight excluding hydrogens is 352 g/mol. The molecule has 0 saturated carbocycles. The van der Waals surface area contributed by atoms with Crippen LogP contribution in [0.1, 0.15) is 74.7 Å². The van der Waals surface area contributed by atoms with Crippen LogP contribution in [0, 0.1) is 0 Å². The second-order valence-corrected chi connectivity index (χ2v) is 10.1. The lowest BCUT2D eigenvalue weighted by atomic mass is 9.97. The number of rotatable bonds is 4. The van der Waals surface area contributed by atoms with E-state index in [-0.39, 0.29) is 0 Å². The van der Waals surface area contributed by atoms with Crippen molar-refractivity contribution in [2.24, 2.45) is 0 Å². The first-order valence-electron chi connectivity index (χ1n) is 9.39. The molecule has 8 nitrogen and oxygen atoms in total.